The zero-order chi connectivity index (χ0) is 9.68. The van der Waals surface area contributed by atoms with Crippen LogP contribution in [0.4, 0.5) is 5.95 Å². The summed E-state index contributed by atoms with van der Waals surface area (Å²) in [6.07, 6.45) is 1.13. The van der Waals surface area contributed by atoms with Crippen LogP contribution in [0.25, 0.3) is 0 Å². The lowest BCUT2D eigenvalue weighted by atomic mass is 10.5. The molecule has 0 saturated carbocycles. The molecule has 0 spiro atoms. The van der Waals surface area contributed by atoms with E-state index in [1.165, 1.54) is 0 Å². The fourth-order valence-corrected chi connectivity index (χ4v) is 1.60. The Morgan fingerprint density at radius 2 is 2.31 bits per heavy atom. The minimum Gasteiger partial charge on any atom is -0.368 e. The Kier molecular flexibility index (Phi) is 4.04. The van der Waals surface area contributed by atoms with Crippen LogP contribution in [0.1, 0.15) is 6.42 Å². The second kappa shape index (κ2) is 5.08. The van der Waals surface area contributed by atoms with Gasteiger partial charge in [-0.2, -0.15) is 4.98 Å². The summed E-state index contributed by atoms with van der Waals surface area (Å²) in [5.41, 5.74) is 5.38. The van der Waals surface area contributed by atoms with Crippen LogP contribution in [-0.2, 0) is 0 Å². The molecule has 6 heteroatoms. The number of thioether (sulfide) groups is 1. The molecule has 0 aliphatic rings. The first kappa shape index (κ1) is 10.3. The second-order valence-corrected chi connectivity index (χ2v) is 4.07. The maximum absolute atomic E-state index is 5.38. The first-order chi connectivity index (χ1) is 6.18. The molecule has 0 aliphatic carbocycles. The van der Waals surface area contributed by atoms with Gasteiger partial charge in [0.15, 0.2) is 0 Å². The van der Waals surface area contributed by atoms with Gasteiger partial charge in [-0.1, -0.05) is 11.8 Å². The molecule has 74 valence electrons. The number of aromatic amines is 1. The van der Waals surface area contributed by atoms with E-state index >= 15 is 0 Å². The molecule has 0 radical (unpaired) electrons. The number of hydrogen-bond acceptors (Lipinski definition) is 5. The van der Waals surface area contributed by atoms with Crippen molar-refractivity contribution in [2.75, 3.05) is 32.1 Å². The van der Waals surface area contributed by atoms with Gasteiger partial charge in [-0.15, -0.1) is 5.10 Å². The number of hydrogen-bond donors (Lipinski definition) is 2. The Hall–Kier alpha value is -0.750. The monoisotopic (exact) mass is 201 g/mol. The predicted molar refractivity (Wildman–Crippen MR) is 54.7 cm³/mol. The number of anilines is 1. The van der Waals surface area contributed by atoms with Crippen molar-refractivity contribution >= 4 is 17.7 Å². The van der Waals surface area contributed by atoms with E-state index in [2.05, 4.69) is 34.2 Å². The van der Waals surface area contributed by atoms with Crippen LogP contribution >= 0.6 is 11.8 Å². The van der Waals surface area contributed by atoms with E-state index in [-0.39, 0.29) is 0 Å². The summed E-state index contributed by atoms with van der Waals surface area (Å²) < 4.78 is 0. The van der Waals surface area contributed by atoms with Gasteiger partial charge in [0.1, 0.15) is 0 Å². The number of nitrogen functional groups attached to an aromatic ring is 1. The van der Waals surface area contributed by atoms with E-state index in [1.54, 1.807) is 11.8 Å². The summed E-state index contributed by atoms with van der Waals surface area (Å²) in [5.74, 6) is 1.41. The lowest BCUT2D eigenvalue weighted by Crippen LogP contribution is -2.13. The van der Waals surface area contributed by atoms with Gasteiger partial charge < -0.3 is 10.6 Å². The molecule has 1 heterocycles. The molecule has 1 aromatic rings. The van der Waals surface area contributed by atoms with E-state index in [9.17, 15) is 0 Å². The van der Waals surface area contributed by atoms with Gasteiger partial charge >= 0.3 is 0 Å². The van der Waals surface area contributed by atoms with E-state index in [4.69, 9.17) is 5.73 Å². The first-order valence-electron chi connectivity index (χ1n) is 4.14. The van der Waals surface area contributed by atoms with Gasteiger partial charge in [0, 0.05) is 5.75 Å². The van der Waals surface area contributed by atoms with E-state index in [0.29, 0.717) is 5.95 Å². The second-order valence-electron chi connectivity index (χ2n) is 3.01. The molecule has 5 nitrogen and oxygen atoms in total. The zero-order valence-electron chi connectivity index (χ0n) is 7.95. The van der Waals surface area contributed by atoms with Gasteiger partial charge in [-0.25, -0.2) is 5.10 Å². The number of nitrogens with two attached hydrogens (primary N) is 1. The van der Waals surface area contributed by atoms with Crippen LogP contribution in [0, 0.1) is 0 Å². The van der Waals surface area contributed by atoms with Gasteiger partial charge in [0.05, 0.1) is 0 Å². The smallest absolute Gasteiger partial charge is 0.216 e. The van der Waals surface area contributed by atoms with Crippen molar-refractivity contribution in [2.45, 2.75) is 11.6 Å². The van der Waals surface area contributed by atoms with Crippen molar-refractivity contribution in [3.63, 3.8) is 0 Å². The first-order valence-corrected chi connectivity index (χ1v) is 5.12. The Morgan fingerprint density at radius 1 is 1.54 bits per heavy atom. The molecular formula is C7H15N5S. The summed E-state index contributed by atoms with van der Waals surface area (Å²) >= 11 is 1.62. The summed E-state index contributed by atoms with van der Waals surface area (Å²) in [7, 11) is 4.13. The third-order valence-corrected chi connectivity index (χ3v) is 2.40. The van der Waals surface area contributed by atoms with Crippen LogP contribution < -0.4 is 5.73 Å². The van der Waals surface area contributed by atoms with E-state index in [0.717, 1.165) is 23.9 Å². The molecule has 3 N–H and O–H groups in total. The quantitative estimate of drug-likeness (QED) is 0.534. The fraction of sp³-hybridized carbons (Fsp3) is 0.714. The van der Waals surface area contributed by atoms with Crippen molar-refractivity contribution in [3.8, 4) is 0 Å². The van der Waals surface area contributed by atoms with Crippen LogP contribution in [0.3, 0.4) is 0 Å². The number of H-pyrrole nitrogens is 1. The maximum atomic E-state index is 5.38. The third-order valence-electron chi connectivity index (χ3n) is 1.46. The van der Waals surface area contributed by atoms with Gasteiger partial charge in [-0.3, -0.25) is 0 Å². The van der Waals surface area contributed by atoms with Crippen LogP contribution in [0.2, 0.25) is 0 Å². The van der Waals surface area contributed by atoms with Crippen molar-refractivity contribution < 1.29 is 0 Å². The molecular weight excluding hydrogens is 186 g/mol. The summed E-state index contributed by atoms with van der Waals surface area (Å²) in [6.45, 7) is 1.09. The SMILES string of the molecule is CN(C)CCCSc1n[nH]c(N)n1. The third kappa shape index (κ3) is 4.14. The molecule has 0 unspecified atom stereocenters. The highest BCUT2D eigenvalue weighted by Gasteiger charge is 2.00. The zero-order valence-corrected chi connectivity index (χ0v) is 8.77. The average Bonchev–Trinajstić information content (AvgIpc) is 2.45. The topological polar surface area (TPSA) is 70.8 Å². The van der Waals surface area contributed by atoms with E-state index < -0.39 is 0 Å². The average molecular weight is 201 g/mol. The standard InChI is InChI=1S/C7H15N5S/c1-12(2)4-3-5-13-7-9-6(8)10-11-7/h3-5H2,1-2H3,(H3,8,9,10,11). The molecule has 1 aromatic heterocycles. The minimum absolute atomic E-state index is 0.384. The lowest BCUT2D eigenvalue weighted by molar-refractivity contribution is 0.410. The molecule has 0 aromatic carbocycles. The highest BCUT2D eigenvalue weighted by Crippen LogP contribution is 2.13. The maximum Gasteiger partial charge on any atom is 0.216 e. The fourth-order valence-electron chi connectivity index (χ4n) is 0.867. The highest BCUT2D eigenvalue weighted by molar-refractivity contribution is 7.99. The Labute approximate surface area is 82.1 Å². The number of nitrogens with one attached hydrogen (secondary N) is 1. The number of nitrogens with zero attached hydrogens (tertiary/aromatic N) is 3. The lowest BCUT2D eigenvalue weighted by Gasteiger charge is -2.07. The minimum atomic E-state index is 0.384. The van der Waals surface area contributed by atoms with Crippen LogP contribution in [0.15, 0.2) is 5.16 Å². The van der Waals surface area contributed by atoms with E-state index in [1.807, 2.05) is 0 Å². The van der Waals surface area contributed by atoms with Crippen molar-refractivity contribution in [2.24, 2.45) is 0 Å². The summed E-state index contributed by atoms with van der Waals surface area (Å²) in [5, 5.41) is 7.26. The molecule has 1 rings (SSSR count). The molecule has 0 bridgehead atoms. The normalized spacial score (nSPS) is 11.0. The van der Waals surface area contributed by atoms with Crippen molar-refractivity contribution in [1.29, 1.82) is 0 Å². The Balaban J connectivity index is 2.13. The summed E-state index contributed by atoms with van der Waals surface area (Å²) in [6, 6.07) is 0. The molecule has 0 saturated heterocycles. The van der Waals surface area contributed by atoms with Gasteiger partial charge in [0.25, 0.3) is 0 Å². The van der Waals surface area contributed by atoms with Crippen molar-refractivity contribution in [3.05, 3.63) is 0 Å². The highest BCUT2D eigenvalue weighted by atomic mass is 32.2. The Morgan fingerprint density at radius 3 is 2.85 bits per heavy atom. The Bertz CT molecular complexity index is 247. The van der Waals surface area contributed by atoms with Crippen LogP contribution in [0.5, 0.6) is 0 Å². The molecule has 13 heavy (non-hydrogen) atoms. The van der Waals surface area contributed by atoms with Crippen LogP contribution in [-0.4, -0.2) is 46.5 Å². The molecule has 0 amide bonds. The van der Waals surface area contributed by atoms with Gasteiger partial charge in [-0.05, 0) is 27.1 Å². The number of aromatic nitrogens is 3. The molecule has 0 aliphatic heterocycles. The van der Waals surface area contributed by atoms with Crippen molar-refractivity contribution in [1.82, 2.24) is 20.1 Å². The molecule has 0 atom stereocenters. The van der Waals surface area contributed by atoms with Gasteiger partial charge in [0.2, 0.25) is 11.1 Å². The largest absolute Gasteiger partial charge is 0.368 e. The predicted octanol–water partition coefficient (Wildman–Crippen LogP) is 0.431. The molecule has 0 fully saturated rings. The number of rotatable bonds is 5. The summed E-state index contributed by atoms with van der Waals surface area (Å²) in [4.78, 5) is 6.15.